The molecule has 4 aromatic rings. The van der Waals surface area contributed by atoms with Gasteiger partial charge in [-0.2, -0.15) is 8.42 Å². The molecule has 0 saturated heterocycles. The Morgan fingerprint density at radius 1 is 0.767 bits per heavy atom. The fraction of sp³-hybridized carbons (Fsp3) is 0.265. The minimum Gasteiger partial charge on any atom is -0.462 e. The minimum absolute atomic E-state index is 0.0766. The van der Waals surface area contributed by atoms with Gasteiger partial charge in [-0.3, -0.25) is 0 Å². The predicted octanol–water partition coefficient (Wildman–Crippen LogP) is 10.0. The maximum absolute atomic E-state index is 14.3. The molecule has 5 nitrogen and oxygen atoms in total. The number of halogens is 2. The molecule has 0 amide bonds. The van der Waals surface area contributed by atoms with E-state index in [1.165, 1.54) is 31.4 Å². The Kier molecular flexibility index (Phi) is 10.2. The molecular formula is C34H34Cl2O5S2. The molecule has 0 heterocycles. The lowest BCUT2D eigenvalue weighted by Gasteiger charge is -2.39. The van der Waals surface area contributed by atoms with Gasteiger partial charge in [0.15, 0.2) is 0 Å². The molecule has 0 bridgehead atoms. The molecular weight excluding hydrogens is 623 g/mol. The average molecular weight is 658 g/mol. The lowest BCUT2D eigenvalue weighted by Crippen LogP contribution is -2.17. The Morgan fingerprint density at radius 2 is 1.33 bits per heavy atom. The molecule has 0 aliphatic heterocycles. The van der Waals surface area contributed by atoms with Crippen molar-refractivity contribution in [3.63, 3.8) is 0 Å². The van der Waals surface area contributed by atoms with Crippen LogP contribution in [0.4, 0.5) is 0 Å². The highest BCUT2D eigenvalue weighted by Gasteiger charge is 2.40. The van der Waals surface area contributed by atoms with Crippen molar-refractivity contribution < 1.29 is 21.6 Å². The quantitative estimate of drug-likeness (QED) is 0.159. The number of aryl methyl sites for hydroxylation is 1. The number of ether oxygens (including phenoxy) is 1. The first-order chi connectivity index (χ1) is 20.7. The van der Waals surface area contributed by atoms with Gasteiger partial charge in [0.05, 0.1) is 22.2 Å². The second-order valence-corrected chi connectivity index (χ2v) is 15.9. The Balaban J connectivity index is 1.56. The van der Waals surface area contributed by atoms with Gasteiger partial charge in [-0.15, -0.1) is 0 Å². The third-order valence-electron chi connectivity index (χ3n) is 7.70. The third kappa shape index (κ3) is 6.97. The van der Waals surface area contributed by atoms with E-state index in [0.717, 1.165) is 24.8 Å². The molecule has 1 saturated carbocycles. The molecule has 0 aromatic heterocycles. The molecule has 0 atom stereocenters. The summed E-state index contributed by atoms with van der Waals surface area (Å²) in [5.74, 6) is -0.169. The van der Waals surface area contributed by atoms with Crippen LogP contribution in [-0.4, -0.2) is 21.0 Å². The Bertz CT molecular complexity index is 1620. The van der Waals surface area contributed by atoms with Gasteiger partial charge < -0.3 is 4.74 Å². The fourth-order valence-corrected chi connectivity index (χ4v) is 11.8. The van der Waals surface area contributed by atoms with Crippen molar-refractivity contribution in [2.45, 2.75) is 65.0 Å². The molecule has 226 valence electrons. The smallest absolute Gasteiger partial charge is 0.339 e. The number of carbonyl (C=O) groups excluding carboxylic acids is 1. The van der Waals surface area contributed by atoms with Gasteiger partial charge in [0.25, 0.3) is 0 Å². The maximum Gasteiger partial charge on any atom is 0.339 e. The van der Waals surface area contributed by atoms with Crippen LogP contribution < -0.4 is 0 Å². The van der Waals surface area contributed by atoms with Gasteiger partial charge in [-0.05, 0) is 78.1 Å². The van der Waals surface area contributed by atoms with Crippen LogP contribution in [0.3, 0.4) is 0 Å². The van der Waals surface area contributed by atoms with Crippen LogP contribution in [0.5, 0.6) is 0 Å². The lowest BCUT2D eigenvalue weighted by atomic mass is 9.87. The minimum atomic E-state index is -4.66. The number of carbonyl (C=O) groups is 1. The second kappa shape index (κ2) is 13.9. The van der Waals surface area contributed by atoms with Crippen molar-refractivity contribution >= 4 is 49.6 Å². The first-order valence-corrected chi connectivity index (χ1v) is 18.1. The highest BCUT2D eigenvalue weighted by molar-refractivity contribution is 8.33. The van der Waals surface area contributed by atoms with Gasteiger partial charge >= 0.3 is 16.1 Å². The van der Waals surface area contributed by atoms with Crippen LogP contribution in [0, 0.1) is 12.8 Å². The second-order valence-electron chi connectivity index (χ2n) is 10.7. The van der Waals surface area contributed by atoms with E-state index in [4.69, 9.17) is 31.6 Å². The topological polar surface area (TPSA) is 69.7 Å². The standard InChI is InChI=1S/C34H34Cl2O5S2/c1-25-17-19-29(20-18-25)42(27-13-7-3-8-14-27,28-15-9-4-10-16-28)41-43(38,39)33-31(35)22-21-30(32(33)36)34(37)40-24-23-26-11-5-2-6-12-26/h3-4,7-10,13-22,26H,2,5-6,11-12,23-24H2,1H3. The normalized spacial score (nSPS) is 14.8. The van der Waals surface area contributed by atoms with E-state index >= 15 is 0 Å². The molecule has 4 aromatic carbocycles. The zero-order valence-electron chi connectivity index (χ0n) is 23.9. The summed E-state index contributed by atoms with van der Waals surface area (Å²) in [6.45, 7) is 2.20. The van der Waals surface area contributed by atoms with Gasteiger partial charge in [-0.25, -0.2) is 8.42 Å². The molecule has 1 aliphatic rings. The number of hydrogen-bond acceptors (Lipinski definition) is 5. The summed E-state index contributed by atoms with van der Waals surface area (Å²) in [6, 6.07) is 28.8. The Morgan fingerprint density at radius 3 is 1.91 bits per heavy atom. The van der Waals surface area contributed by atoms with E-state index in [-0.39, 0.29) is 22.2 Å². The molecule has 9 heteroatoms. The molecule has 5 rings (SSSR count). The monoisotopic (exact) mass is 656 g/mol. The van der Waals surface area contributed by atoms with Gasteiger partial charge in [-0.1, -0.05) is 109 Å². The molecule has 0 unspecified atom stereocenters. The molecule has 0 N–H and O–H groups in total. The number of esters is 1. The summed E-state index contributed by atoms with van der Waals surface area (Å²) in [5.41, 5.74) is 0.939. The maximum atomic E-state index is 14.3. The Labute approximate surface area is 265 Å². The summed E-state index contributed by atoms with van der Waals surface area (Å²) in [5, 5.41) is -0.476. The van der Waals surface area contributed by atoms with Crippen LogP contribution in [0.15, 0.2) is 117 Å². The molecule has 0 radical (unpaired) electrons. The number of rotatable bonds is 10. The van der Waals surface area contributed by atoms with Gasteiger partial charge in [0.2, 0.25) is 0 Å². The zero-order chi connectivity index (χ0) is 30.5. The summed E-state index contributed by atoms with van der Waals surface area (Å²) in [7, 11) is -7.53. The van der Waals surface area contributed by atoms with E-state index in [1.807, 2.05) is 91.9 Å². The van der Waals surface area contributed by atoms with Crippen LogP contribution in [0.25, 0.3) is 0 Å². The van der Waals surface area contributed by atoms with Crippen LogP contribution >= 0.6 is 33.5 Å². The van der Waals surface area contributed by atoms with Crippen molar-refractivity contribution in [2.75, 3.05) is 6.61 Å². The van der Waals surface area contributed by atoms with Crippen molar-refractivity contribution in [2.24, 2.45) is 5.92 Å². The van der Waals surface area contributed by atoms with E-state index in [9.17, 15) is 13.2 Å². The molecule has 1 aliphatic carbocycles. The summed E-state index contributed by atoms with van der Waals surface area (Å²) in [4.78, 5) is 14.6. The summed E-state index contributed by atoms with van der Waals surface area (Å²) >= 11 is 13.2. The molecule has 0 spiro atoms. The average Bonchev–Trinajstić information content (AvgIpc) is 3.01. The van der Waals surface area contributed by atoms with E-state index in [0.29, 0.717) is 20.6 Å². The van der Waals surface area contributed by atoms with E-state index < -0.39 is 31.3 Å². The summed E-state index contributed by atoms with van der Waals surface area (Å²) < 4.78 is 40.6. The van der Waals surface area contributed by atoms with Crippen molar-refractivity contribution in [1.82, 2.24) is 0 Å². The molecule has 1 fully saturated rings. The first-order valence-electron chi connectivity index (χ1n) is 14.3. The van der Waals surface area contributed by atoms with E-state index in [1.54, 1.807) is 0 Å². The van der Waals surface area contributed by atoms with Crippen molar-refractivity contribution in [3.05, 3.63) is 118 Å². The molecule has 43 heavy (non-hydrogen) atoms. The largest absolute Gasteiger partial charge is 0.462 e. The van der Waals surface area contributed by atoms with Gasteiger partial charge in [0.1, 0.15) is 4.90 Å². The predicted molar refractivity (Wildman–Crippen MR) is 173 cm³/mol. The van der Waals surface area contributed by atoms with E-state index in [2.05, 4.69) is 0 Å². The Hall–Kier alpha value is -2.81. The SMILES string of the molecule is Cc1ccc(S(OS(=O)(=O)c2c(Cl)ccc(C(=O)OCCC3CCCCC3)c2Cl)(c2ccccc2)c2ccccc2)cc1. The van der Waals surface area contributed by atoms with Crippen LogP contribution in [0.2, 0.25) is 10.0 Å². The van der Waals surface area contributed by atoms with Crippen molar-refractivity contribution in [1.29, 1.82) is 0 Å². The van der Waals surface area contributed by atoms with Crippen LogP contribution in [-0.2, 0) is 18.5 Å². The van der Waals surface area contributed by atoms with Crippen molar-refractivity contribution in [3.8, 4) is 0 Å². The highest BCUT2D eigenvalue weighted by Crippen LogP contribution is 2.70. The summed E-state index contributed by atoms with van der Waals surface area (Å²) in [6.07, 6.45) is 6.67. The fourth-order valence-electron chi connectivity index (χ4n) is 5.44. The first kappa shape index (κ1) is 31.6. The third-order valence-corrected chi connectivity index (χ3v) is 13.9. The lowest BCUT2D eigenvalue weighted by molar-refractivity contribution is 0.0474. The van der Waals surface area contributed by atoms with Crippen LogP contribution in [0.1, 0.15) is 54.4 Å². The number of hydrogen-bond donors (Lipinski definition) is 0. The highest BCUT2D eigenvalue weighted by atomic mass is 35.5. The van der Waals surface area contributed by atoms with Gasteiger partial charge in [0, 0.05) is 14.7 Å². The number of benzene rings is 4. The zero-order valence-corrected chi connectivity index (χ0v) is 27.0.